The molecule has 1 aromatic rings. The third-order valence-corrected chi connectivity index (χ3v) is 3.34. The summed E-state index contributed by atoms with van der Waals surface area (Å²) in [7, 11) is 1.61. The molecule has 0 bridgehead atoms. The van der Waals surface area contributed by atoms with Crippen molar-refractivity contribution >= 4 is 5.82 Å². The van der Waals surface area contributed by atoms with E-state index in [0.717, 1.165) is 19.0 Å². The van der Waals surface area contributed by atoms with Crippen molar-refractivity contribution in [3.8, 4) is 5.88 Å². The second-order valence-corrected chi connectivity index (χ2v) is 4.90. The fourth-order valence-electron chi connectivity index (χ4n) is 2.37. The largest absolute Gasteiger partial charge is 0.481 e. The van der Waals surface area contributed by atoms with Crippen molar-refractivity contribution in [2.75, 3.05) is 25.6 Å². The van der Waals surface area contributed by atoms with Gasteiger partial charge in [0.05, 0.1) is 19.8 Å². The second-order valence-electron chi connectivity index (χ2n) is 4.90. The smallest absolute Gasteiger partial charge is 0.218 e. The van der Waals surface area contributed by atoms with E-state index in [1.807, 2.05) is 6.92 Å². The maximum absolute atomic E-state index is 5.85. The van der Waals surface area contributed by atoms with Gasteiger partial charge in [-0.2, -0.15) is 4.98 Å². The normalized spacial score (nSPS) is 16.3. The minimum atomic E-state index is 0.456. The summed E-state index contributed by atoms with van der Waals surface area (Å²) >= 11 is 0. The summed E-state index contributed by atoms with van der Waals surface area (Å²) in [5.41, 5.74) is 0. The Labute approximate surface area is 114 Å². The number of anilines is 1. The molecule has 0 atom stereocenters. The van der Waals surface area contributed by atoms with Crippen LogP contribution in [0.1, 0.15) is 37.9 Å². The summed E-state index contributed by atoms with van der Waals surface area (Å²) in [6.45, 7) is 3.33. The first-order chi connectivity index (χ1) is 9.28. The summed E-state index contributed by atoms with van der Waals surface area (Å²) in [4.78, 5) is 8.46. The molecule has 0 amide bonds. The van der Waals surface area contributed by atoms with E-state index in [4.69, 9.17) is 9.47 Å². The van der Waals surface area contributed by atoms with Gasteiger partial charge in [0.25, 0.3) is 0 Å². The van der Waals surface area contributed by atoms with Crippen LogP contribution in [0.2, 0.25) is 0 Å². The summed E-state index contributed by atoms with van der Waals surface area (Å²) < 4.78 is 11.0. The molecule has 0 aliphatic heterocycles. The van der Waals surface area contributed by atoms with E-state index in [-0.39, 0.29) is 0 Å². The Kier molecular flexibility index (Phi) is 5.39. The molecule has 2 rings (SSSR count). The predicted molar refractivity (Wildman–Crippen MR) is 74.6 cm³/mol. The Morgan fingerprint density at radius 1 is 1.26 bits per heavy atom. The maximum atomic E-state index is 5.85. The molecule has 0 aromatic carbocycles. The quantitative estimate of drug-likeness (QED) is 0.801. The highest BCUT2D eigenvalue weighted by atomic mass is 16.5. The van der Waals surface area contributed by atoms with Gasteiger partial charge in [-0.1, -0.05) is 19.3 Å². The molecule has 19 heavy (non-hydrogen) atoms. The van der Waals surface area contributed by atoms with Crippen LogP contribution in [-0.4, -0.2) is 36.3 Å². The fourth-order valence-corrected chi connectivity index (χ4v) is 2.37. The van der Waals surface area contributed by atoms with Gasteiger partial charge < -0.3 is 14.8 Å². The lowest BCUT2D eigenvalue weighted by Gasteiger charge is -2.22. The number of hydrogen-bond acceptors (Lipinski definition) is 5. The Hall–Kier alpha value is -1.36. The summed E-state index contributed by atoms with van der Waals surface area (Å²) in [5, 5.41) is 3.24. The number of ether oxygens (including phenoxy) is 2. The minimum absolute atomic E-state index is 0.456. The van der Waals surface area contributed by atoms with Crippen molar-refractivity contribution in [3.05, 3.63) is 11.9 Å². The topological polar surface area (TPSA) is 56.3 Å². The van der Waals surface area contributed by atoms with Crippen LogP contribution in [0.4, 0.5) is 5.82 Å². The van der Waals surface area contributed by atoms with Crippen LogP contribution in [0.5, 0.6) is 5.88 Å². The van der Waals surface area contributed by atoms with Crippen molar-refractivity contribution in [2.24, 2.45) is 0 Å². The molecule has 1 N–H and O–H groups in total. The van der Waals surface area contributed by atoms with Crippen LogP contribution in [0.25, 0.3) is 0 Å². The number of aromatic nitrogens is 2. The first kappa shape index (κ1) is 14.1. The molecule has 0 radical (unpaired) electrons. The third kappa shape index (κ3) is 4.67. The molecule has 1 fully saturated rings. The zero-order valence-electron chi connectivity index (χ0n) is 11.8. The molecular formula is C14H23N3O2. The highest BCUT2D eigenvalue weighted by molar-refractivity contribution is 5.38. The van der Waals surface area contributed by atoms with E-state index < -0.39 is 0 Å². The average Bonchev–Trinajstić information content (AvgIpc) is 2.44. The Bertz CT molecular complexity index is 392. The van der Waals surface area contributed by atoms with Crippen LogP contribution >= 0.6 is 0 Å². The molecule has 0 saturated heterocycles. The molecule has 1 aromatic heterocycles. The first-order valence-electron chi connectivity index (χ1n) is 7.03. The number of nitrogens with one attached hydrogen (secondary N) is 1. The number of methoxy groups -OCH3 is 1. The molecule has 1 aliphatic rings. The SMILES string of the molecule is COc1cc(NCCOC2CCCCC2)nc(C)n1. The molecule has 106 valence electrons. The third-order valence-electron chi connectivity index (χ3n) is 3.34. The van der Waals surface area contributed by atoms with Crippen LogP contribution < -0.4 is 10.1 Å². The maximum Gasteiger partial charge on any atom is 0.218 e. The summed E-state index contributed by atoms with van der Waals surface area (Å²) in [6.07, 6.45) is 6.84. The van der Waals surface area contributed by atoms with Gasteiger partial charge in [-0.05, 0) is 19.8 Å². The van der Waals surface area contributed by atoms with E-state index in [2.05, 4.69) is 15.3 Å². The lowest BCUT2D eigenvalue weighted by molar-refractivity contribution is 0.0347. The van der Waals surface area contributed by atoms with Gasteiger partial charge in [-0.15, -0.1) is 0 Å². The van der Waals surface area contributed by atoms with E-state index in [0.29, 0.717) is 17.8 Å². The van der Waals surface area contributed by atoms with Crippen LogP contribution in [0.3, 0.4) is 0 Å². The van der Waals surface area contributed by atoms with Gasteiger partial charge in [0.1, 0.15) is 11.6 Å². The summed E-state index contributed by atoms with van der Waals surface area (Å²) in [6, 6.07) is 1.80. The van der Waals surface area contributed by atoms with Crippen molar-refractivity contribution in [1.82, 2.24) is 9.97 Å². The van der Waals surface area contributed by atoms with E-state index in [9.17, 15) is 0 Å². The van der Waals surface area contributed by atoms with Crippen molar-refractivity contribution in [1.29, 1.82) is 0 Å². The summed E-state index contributed by atoms with van der Waals surface area (Å²) in [5.74, 6) is 2.08. The molecule has 1 heterocycles. The van der Waals surface area contributed by atoms with Crippen LogP contribution in [0.15, 0.2) is 6.07 Å². The van der Waals surface area contributed by atoms with Gasteiger partial charge in [0.15, 0.2) is 0 Å². The number of hydrogen-bond donors (Lipinski definition) is 1. The monoisotopic (exact) mass is 265 g/mol. The molecular weight excluding hydrogens is 242 g/mol. The lowest BCUT2D eigenvalue weighted by Crippen LogP contribution is -2.20. The van der Waals surface area contributed by atoms with Crippen LogP contribution in [-0.2, 0) is 4.74 Å². The molecule has 0 unspecified atom stereocenters. The number of rotatable bonds is 6. The van der Waals surface area contributed by atoms with Crippen molar-refractivity contribution < 1.29 is 9.47 Å². The average molecular weight is 265 g/mol. The Morgan fingerprint density at radius 2 is 2.05 bits per heavy atom. The molecule has 1 saturated carbocycles. The molecule has 5 heteroatoms. The molecule has 5 nitrogen and oxygen atoms in total. The van der Waals surface area contributed by atoms with Gasteiger partial charge in [-0.25, -0.2) is 4.98 Å². The van der Waals surface area contributed by atoms with E-state index in [1.165, 1.54) is 32.1 Å². The zero-order valence-corrected chi connectivity index (χ0v) is 11.8. The predicted octanol–water partition coefficient (Wildman–Crippen LogP) is 2.55. The van der Waals surface area contributed by atoms with Crippen LogP contribution in [0, 0.1) is 6.92 Å². The van der Waals surface area contributed by atoms with Crippen molar-refractivity contribution in [3.63, 3.8) is 0 Å². The number of aryl methyl sites for hydroxylation is 1. The lowest BCUT2D eigenvalue weighted by atomic mass is 9.98. The minimum Gasteiger partial charge on any atom is -0.481 e. The van der Waals surface area contributed by atoms with E-state index in [1.54, 1.807) is 13.2 Å². The molecule has 0 spiro atoms. The Balaban J connectivity index is 1.71. The van der Waals surface area contributed by atoms with Gasteiger partial charge >= 0.3 is 0 Å². The fraction of sp³-hybridized carbons (Fsp3) is 0.714. The van der Waals surface area contributed by atoms with Crippen molar-refractivity contribution in [2.45, 2.75) is 45.1 Å². The first-order valence-corrected chi connectivity index (χ1v) is 7.03. The zero-order chi connectivity index (χ0) is 13.5. The van der Waals surface area contributed by atoms with Gasteiger partial charge in [-0.3, -0.25) is 0 Å². The second kappa shape index (κ2) is 7.28. The highest BCUT2D eigenvalue weighted by Gasteiger charge is 2.13. The standard InChI is InChI=1S/C14H23N3O2/c1-11-16-13(10-14(17-11)18-2)15-8-9-19-12-6-4-3-5-7-12/h10,12H,3-9H2,1-2H3,(H,15,16,17). The van der Waals surface area contributed by atoms with Gasteiger partial charge in [0, 0.05) is 12.6 Å². The number of nitrogens with zero attached hydrogens (tertiary/aromatic N) is 2. The molecule has 1 aliphatic carbocycles. The Morgan fingerprint density at radius 3 is 2.79 bits per heavy atom. The van der Waals surface area contributed by atoms with Gasteiger partial charge in [0.2, 0.25) is 5.88 Å². The highest BCUT2D eigenvalue weighted by Crippen LogP contribution is 2.20. The van der Waals surface area contributed by atoms with E-state index >= 15 is 0 Å².